The Bertz CT molecular complexity index is 1500. The third-order valence-corrected chi connectivity index (χ3v) is 7.54. The second-order valence-corrected chi connectivity index (χ2v) is 10.2. The number of hydrogen-bond acceptors (Lipinski definition) is 3. The highest BCUT2D eigenvalue weighted by molar-refractivity contribution is 6.36. The number of ketones is 1. The molecule has 1 amide bonds. The summed E-state index contributed by atoms with van der Waals surface area (Å²) in [4.78, 5) is 33.2. The van der Waals surface area contributed by atoms with E-state index in [2.05, 4.69) is 21.9 Å². The Labute approximate surface area is 222 Å². The summed E-state index contributed by atoms with van der Waals surface area (Å²) in [6.45, 7) is 5.61. The minimum atomic E-state index is -0.0527. The summed E-state index contributed by atoms with van der Waals surface area (Å²) in [6, 6.07) is 15.7. The van der Waals surface area contributed by atoms with Crippen LogP contribution in [0.4, 0.5) is 0 Å². The quantitative estimate of drug-likeness (QED) is 0.257. The first-order chi connectivity index (χ1) is 17.9. The highest BCUT2D eigenvalue weighted by atomic mass is 35.5. The Morgan fingerprint density at radius 3 is 2.70 bits per heavy atom. The Morgan fingerprint density at radius 1 is 1.11 bits per heavy atom. The molecule has 0 spiro atoms. The predicted octanol–water partition coefficient (Wildman–Crippen LogP) is 7.22. The van der Waals surface area contributed by atoms with Gasteiger partial charge >= 0.3 is 0 Å². The molecule has 0 bridgehead atoms. The summed E-state index contributed by atoms with van der Waals surface area (Å²) >= 11 is 6.69. The molecule has 2 heterocycles. The number of aromatic nitrogens is 2. The lowest BCUT2D eigenvalue weighted by molar-refractivity contribution is -0.114. The number of rotatable bonds is 7. The molecule has 1 aliphatic rings. The van der Waals surface area contributed by atoms with Crippen LogP contribution in [-0.4, -0.2) is 27.7 Å². The van der Waals surface area contributed by atoms with Crippen LogP contribution in [0.5, 0.6) is 0 Å². The molecule has 2 aromatic carbocycles. The largest absolute Gasteiger partial charge is 0.349 e. The lowest BCUT2D eigenvalue weighted by Gasteiger charge is -2.22. The highest BCUT2D eigenvalue weighted by Crippen LogP contribution is 2.41. The van der Waals surface area contributed by atoms with Crippen molar-refractivity contribution >= 4 is 34.3 Å². The Morgan fingerprint density at radius 2 is 1.92 bits per heavy atom. The Hall–Kier alpha value is -3.70. The molecule has 2 N–H and O–H groups in total. The lowest BCUT2D eigenvalue weighted by atomic mass is 9.93. The van der Waals surface area contributed by atoms with Gasteiger partial charge in [0, 0.05) is 35.2 Å². The zero-order chi connectivity index (χ0) is 25.9. The second kappa shape index (κ2) is 10.7. The number of aromatic amines is 1. The third-order valence-electron chi connectivity index (χ3n) is 7.23. The Balaban J connectivity index is 1.60. The molecule has 0 unspecified atom stereocenters. The summed E-state index contributed by atoms with van der Waals surface area (Å²) in [5, 5.41) is 4.60. The van der Waals surface area contributed by atoms with Crippen molar-refractivity contribution < 1.29 is 9.59 Å². The van der Waals surface area contributed by atoms with Crippen LogP contribution in [0.1, 0.15) is 53.6 Å². The van der Waals surface area contributed by atoms with Crippen LogP contribution in [0.25, 0.3) is 33.4 Å². The zero-order valence-electron chi connectivity index (χ0n) is 20.9. The van der Waals surface area contributed by atoms with Crippen molar-refractivity contribution in [2.24, 2.45) is 0 Å². The van der Waals surface area contributed by atoms with E-state index in [0.717, 1.165) is 64.6 Å². The maximum absolute atomic E-state index is 13.1. The summed E-state index contributed by atoms with van der Waals surface area (Å²) < 4.78 is 0. The van der Waals surface area contributed by atoms with Crippen LogP contribution in [-0.2, 0) is 11.2 Å². The molecule has 0 atom stereocenters. The Kier molecular flexibility index (Phi) is 7.24. The molecule has 2 aromatic heterocycles. The van der Waals surface area contributed by atoms with Gasteiger partial charge in [-0.05, 0) is 66.3 Å². The van der Waals surface area contributed by atoms with Gasteiger partial charge in [0.25, 0.3) is 5.91 Å². The van der Waals surface area contributed by atoms with E-state index in [-0.39, 0.29) is 24.2 Å². The number of aryl methyl sites for hydroxylation is 1. The number of H-pyrrole nitrogens is 1. The van der Waals surface area contributed by atoms with Crippen molar-refractivity contribution in [2.45, 2.75) is 51.5 Å². The fourth-order valence-electron chi connectivity index (χ4n) is 5.19. The van der Waals surface area contributed by atoms with Crippen molar-refractivity contribution in [2.75, 3.05) is 0 Å². The maximum Gasteiger partial charge on any atom is 0.251 e. The third kappa shape index (κ3) is 5.23. The minimum Gasteiger partial charge on any atom is -0.349 e. The van der Waals surface area contributed by atoms with Gasteiger partial charge in [0.05, 0.1) is 10.7 Å². The van der Waals surface area contributed by atoms with Gasteiger partial charge in [-0.3, -0.25) is 9.59 Å². The van der Waals surface area contributed by atoms with E-state index < -0.39 is 0 Å². The highest BCUT2D eigenvalue weighted by Gasteiger charge is 2.21. The van der Waals surface area contributed by atoms with Gasteiger partial charge in [-0.2, -0.15) is 0 Å². The van der Waals surface area contributed by atoms with E-state index in [4.69, 9.17) is 11.6 Å². The number of fused-ring (bicyclic) bond motifs is 1. The number of benzene rings is 2. The van der Waals surface area contributed by atoms with E-state index in [1.165, 1.54) is 12.5 Å². The smallest absolute Gasteiger partial charge is 0.251 e. The van der Waals surface area contributed by atoms with Gasteiger partial charge in [0.2, 0.25) is 0 Å². The molecule has 1 fully saturated rings. The van der Waals surface area contributed by atoms with E-state index in [0.29, 0.717) is 16.2 Å². The average molecular weight is 512 g/mol. The fourth-order valence-corrected chi connectivity index (χ4v) is 5.43. The fraction of sp³-hybridized carbons (Fsp3) is 0.258. The molecule has 5 rings (SSSR count). The van der Waals surface area contributed by atoms with Crippen LogP contribution in [0.15, 0.2) is 67.4 Å². The molecule has 188 valence electrons. The number of amides is 1. The molecule has 1 aliphatic carbocycles. The SMILES string of the molecule is C=CC(=O)Cc1cc(-c2c(-c3cccc(C(=O)NC4CCCCC4)c3)[nH]c3nccc(Cl)c23)ccc1C. The zero-order valence-corrected chi connectivity index (χ0v) is 21.7. The standard InChI is InChI=1S/C31H30ClN3O2/c1-3-25(36)18-23-16-20(13-12-19(23)2)27-28-26(32)14-15-33-30(28)35-29(27)21-8-7-9-22(17-21)31(37)34-24-10-5-4-6-11-24/h3,7-9,12-17,24H,1,4-6,10-11,18H2,2H3,(H,33,35)(H,34,37). The molecule has 0 aliphatic heterocycles. The molecule has 5 nitrogen and oxygen atoms in total. The summed E-state index contributed by atoms with van der Waals surface area (Å²) in [5.74, 6) is -0.0843. The topological polar surface area (TPSA) is 74.8 Å². The molecule has 1 saturated carbocycles. The van der Waals surface area contributed by atoms with Crippen LogP contribution >= 0.6 is 11.6 Å². The summed E-state index contributed by atoms with van der Waals surface area (Å²) in [6.07, 6.45) is 8.94. The van der Waals surface area contributed by atoms with Gasteiger partial charge in [-0.1, -0.05) is 67.8 Å². The van der Waals surface area contributed by atoms with Crippen LogP contribution in [0, 0.1) is 6.92 Å². The number of nitrogens with zero attached hydrogens (tertiary/aromatic N) is 1. The van der Waals surface area contributed by atoms with Crippen molar-refractivity contribution in [1.82, 2.24) is 15.3 Å². The van der Waals surface area contributed by atoms with Gasteiger partial charge in [0.1, 0.15) is 5.65 Å². The summed E-state index contributed by atoms with van der Waals surface area (Å²) in [5.41, 5.74) is 6.76. The van der Waals surface area contributed by atoms with E-state index >= 15 is 0 Å². The number of carbonyl (C=O) groups excluding carboxylic acids is 2. The summed E-state index contributed by atoms with van der Waals surface area (Å²) in [7, 11) is 0. The van der Waals surface area contributed by atoms with Crippen LogP contribution in [0.2, 0.25) is 5.02 Å². The molecule has 37 heavy (non-hydrogen) atoms. The van der Waals surface area contributed by atoms with E-state index in [1.807, 2.05) is 49.4 Å². The minimum absolute atomic E-state index is 0.0317. The normalized spacial score (nSPS) is 14.0. The number of allylic oxidation sites excluding steroid dienone is 1. The number of pyridine rings is 1. The van der Waals surface area contributed by atoms with Gasteiger partial charge in [0.15, 0.2) is 5.78 Å². The second-order valence-electron chi connectivity index (χ2n) is 9.77. The van der Waals surface area contributed by atoms with Crippen LogP contribution in [0.3, 0.4) is 0 Å². The van der Waals surface area contributed by atoms with Crippen molar-refractivity contribution in [3.63, 3.8) is 0 Å². The molecule has 0 saturated heterocycles. The van der Waals surface area contributed by atoms with Crippen LogP contribution < -0.4 is 5.32 Å². The first kappa shape index (κ1) is 25.0. The molecular formula is C31H30ClN3O2. The van der Waals surface area contributed by atoms with Crippen molar-refractivity contribution in [3.8, 4) is 22.4 Å². The van der Waals surface area contributed by atoms with Crippen molar-refractivity contribution in [1.29, 1.82) is 0 Å². The molecule has 4 aromatic rings. The first-order valence-corrected chi connectivity index (χ1v) is 13.1. The molecule has 6 heteroatoms. The van der Waals surface area contributed by atoms with Gasteiger partial charge in [-0.15, -0.1) is 0 Å². The maximum atomic E-state index is 13.1. The molecular weight excluding hydrogens is 482 g/mol. The van der Waals surface area contributed by atoms with E-state index in [1.54, 1.807) is 12.3 Å². The number of carbonyl (C=O) groups is 2. The predicted molar refractivity (Wildman–Crippen MR) is 150 cm³/mol. The van der Waals surface area contributed by atoms with E-state index in [9.17, 15) is 9.59 Å². The number of nitrogens with one attached hydrogen (secondary N) is 2. The first-order valence-electron chi connectivity index (χ1n) is 12.8. The monoisotopic (exact) mass is 511 g/mol. The molecule has 0 radical (unpaired) electrons. The average Bonchev–Trinajstić information content (AvgIpc) is 3.31. The number of halogens is 1. The van der Waals surface area contributed by atoms with Gasteiger partial charge < -0.3 is 10.3 Å². The lowest BCUT2D eigenvalue weighted by Crippen LogP contribution is -2.36. The van der Waals surface area contributed by atoms with Gasteiger partial charge in [-0.25, -0.2) is 4.98 Å². The van der Waals surface area contributed by atoms with Crippen molar-refractivity contribution in [3.05, 3.63) is 89.1 Å². The number of hydrogen-bond donors (Lipinski definition) is 2.